The van der Waals surface area contributed by atoms with Crippen molar-refractivity contribution in [3.8, 4) is 11.5 Å². The Morgan fingerprint density at radius 3 is 2.66 bits per heavy atom. The first-order valence-electron chi connectivity index (χ1n) is 10.3. The molecule has 1 fully saturated rings. The van der Waals surface area contributed by atoms with E-state index in [2.05, 4.69) is 53.5 Å². The molecule has 0 aromatic heterocycles. The molecule has 0 atom stereocenters. The number of hydrogen-bond donors (Lipinski definition) is 1. The summed E-state index contributed by atoms with van der Waals surface area (Å²) in [5, 5.41) is 3.38. The lowest BCUT2D eigenvalue weighted by molar-refractivity contribution is -0.132. The van der Waals surface area contributed by atoms with Crippen molar-refractivity contribution in [1.82, 2.24) is 15.1 Å². The maximum Gasteiger partial charge on any atom is 0.231 e. The molecule has 0 spiro atoms. The highest BCUT2D eigenvalue weighted by molar-refractivity contribution is 5.76. The second-order valence-electron chi connectivity index (χ2n) is 7.76. The van der Waals surface area contributed by atoms with E-state index in [4.69, 9.17) is 9.47 Å². The standard InChI is InChI=1S/C23H29N3O3/c1-18-3-2-4-19(13-18)15-24-8-7-23(27)26-11-9-25(10-12-26)16-20-5-6-21-22(14-20)29-17-28-21/h2-6,13-14,24H,7-12,15-17H2,1H3. The van der Waals surface area contributed by atoms with Crippen LogP contribution in [0, 0.1) is 6.92 Å². The van der Waals surface area contributed by atoms with Gasteiger partial charge in [0.15, 0.2) is 11.5 Å². The van der Waals surface area contributed by atoms with Gasteiger partial charge in [-0.3, -0.25) is 9.69 Å². The maximum absolute atomic E-state index is 12.5. The zero-order valence-corrected chi connectivity index (χ0v) is 17.0. The average molecular weight is 396 g/mol. The van der Waals surface area contributed by atoms with E-state index >= 15 is 0 Å². The predicted octanol–water partition coefficient (Wildman–Crippen LogP) is 2.55. The van der Waals surface area contributed by atoms with Gasteiger partial charge in [0.2, 0.25) is 12.7 Å². The Balaban J connectivity index is 1.16. The quantitative estimate of drug-likeness (QED) is 0.731. The zero-order chi connectivity index (χ0) is 20.1. The topological polar surface area (TPSA) is 54.0 Å². The summed E-state index contributed by atoms with van der Waals surface area (Å²) in [5.74, 6) is 1.89. The molecule has 2 aromatic carbocycles. The number of benzene rings is 2. The van der Waals surface area contributed by atoms with E-state index in [1.807, 2.05) is 11.0 Å². The van der Waals surface area contributed by atoms with Gasteiger partial charge in [-0.25, -0.2) is 0 Å². The van der Waals surface area contributed by atoms with E-state index in [1.165, 1.54) is 16.7 Å². The number of amides is 1. The van der Waals surface area contributed by atoms with Crippen molar-refractivity contribution in [1.29, 1.82) is 0 Å². The lowest BCUT2D eigenvalue weighted by Crippen LogP contribution is -2.48. The number of fused-ring (bicyclic) bond motifs is 1. The summed E-state index contributed by atoms with van der Waals surface area (Å²) in [4.78, 5) is 16.9. The molecule has 4 rings (SSSR count). The van der Waals surface area contributed by atoms with Gasteiger partial charge in [-0.15, -0.1) is 0 Å². The first-order chi connectivity index (χ1) is 14.2. The molecule has 2 aliphatic rings. The van der Waals surface area contributed by atoms with Crippen LogP contribution in [0.3, 0.4) is 0 Å². The van der Waals surface area contributed by atoms with Gasteiger partial charge in [-0.2, -0.15) is 0 Å². The summed E-state index contributed by atoms with van der Waals surface area (Å²) >= 11 is 0. The number of rotatable bonds is 7. The van der Waals surface area contributed by atoms with Crippen LogP contribution in [0.2, 0.25) is 0 Å². The average Bonchev–Trinajstić information content (AvgIpc) is 3.19. The van der Waals surface area contributed by atoms with Gasteiger partial charge in [-0.1, -0.05) is 35.9 Å². The van der Waals surface area contributed by atoms with Gasteiger partial charge in [-0.05, 0) is 30.2 Å². The molecule has 0 aliphatic carbocycles. The first-order valence-corrected chi connectivity index (χ1v) is 10.3. The van der Waals surface area contributed by atoms with Crippen molar-refractivity contribution in [3.63, 3.8) is 0 Å². The lowest BCUT2D eigenvalue weighted by Gasteiger charge is -2.34. The van der Waals surface area contributed by atoms with Crippen LogP contribution in [-0.4, -0.2) is 55.2 Å². The van der Waals surface area contributed by atoms with Gasteiger partial charge in [0, 0.05) is 52.2 Å². The Kier molecular flexibility index (Phi) is 6.32. The fourth-order valence-electron chi connectivity index (χ4n) is 3.86. The summed E-state index contributed by atoms with van der Waals surface area (Å²) in [6.07, 6.45) is 0.550. The third-order valence-electron chi connectivity index (χ3n) is 5.50. The number of nitrogens with zero attached hydrogens (tertiary/aromatic N) is 2. The van der Waals surface area contributed by atoms with Crippen molar-refractivity contribution in [2.45, 2.75) is 26.4 Å². The van der Waals surface area contributed by atoms with Crippen LogP contribution in [0.4, 0.5) is 0 Å². The fourth-order valence-corrected chi connectivity index (χ4v) is 3.86. The molecule has 1 N–H and O–H groups in total. The van der Waals surface area contributed by atoms with E-state index in [0.717, 1.165) is 50.8 Å². The van der Waals surface area contributed by atoms with Crippen LogP contribution >= 0.6 is 0 Å². The largest absolute Gasteiger partial charge is 0.454 e. The van der Waals surface area contributed by atoms with Crippen molar-refractivity contribution in [3.05, 3.63) is 59.2 Å². The smallest absolute Gasteiger partial charge is 0.231 e. The number of carbonyl (C=O) groups excluding carboxylic acids is 1. The van der Waals surface area contributed by atoms with Gasteiger partial charge < -0.3 is 19.7 Å². The van der Waals surface area contributed by atoms with Crippen LogP contribution in [0.5, 0.6) is 11.5 Å². The maximum atomic E-state index is 12.5. The third-order valence-corrected chi connectivity index (χ3v) is 5.50. The van der Waals surface area contributed by atoms with Crippen LogP contribution in [0.25, 0.3) is 0 Å². The fraction of sp³-hybridized carbons (Fsp3) is 0.435. The SMILES string of the molecule is Cc1cccc(CNCCC(=O)N2CCN(Cc3ccc4c(c3)OCO4)CC2)c1. The Morgan fingerprint density at radius 2 is 1.83 bits per heavy atom. The van der Waals surface area contributed by atoms with Crippen molar-refractivity contribution >= 4 is 5.91 Å². The molecule has 1 amide bonds. The molecule has 0 radical (unpaired) electrons. The molecule has 6 heteroatoms. The highest BCUT2D eigenvalue weighted by Crippen LogP contribution is 2.32. The normalized spacial score (nSPS) is 16.2. The van der Waals surface area contributed by atoms with Crippen LogP contribution in [0.1, 0.15) is 23.1 Å². The number of aryl methyl sites for hydroxylation is 1. The second kappa shape index (κ2) is 9.29. The molecule has 6 nitrogen and oxygen atoms in total. The number of hydrogen-bond acceptors (Lipinski definition) is 5. The van der Waals surface area contributed by atoms with Crippen LogP contribution in [0.15, 0.2) is 42.5 Å². The van der Waals surface area contributed by atoms with Crippen molar-refractivity contribution in [2.24, 2.45) is 0 Å². The molecule has 2 aromatic rings. The molecule has 0 bridgehead atoms. The number of ether oxygens (including phenoxy) is 2. The lowest BCUT2D eigenvalue weighted by atomic mass is 10.1. The van der Waals surface area contributed by atoms with Gasteiger partial charge in [0.05, 0.1) is 0 Å². The summed E-state index contributed by atoms with van der Waals surface area (Å²) < 4.78 is 10.8. The summed E-state index contributed by atoms with van der Waals surface area (Å²) in [7, 11) is 0. The minimum Gasteiger partial charge on any atom is -0.454 e. The molecular weight excluding hydrogens is 366 g/mol. The summed E-state index contributed by atoms with van der Waals surface area (Å²) in [5.41, 5.74) is 3.74. The van der Waals surface area contributed by atoms with E-state index < -0.39 is 0 Å². The highest BCUT2D eigenvalue weighted by Gasteiger charge is 2.21. The Morgan fingerprint density at radius 1 is 1.00 bits per heavy atom. The van der Waals surface area contributed by atoms with Crippen LogP contribution in [-0.2, 0) is 17.9 Å². The molecule has 0 saturated carbocycles. The summed E-state index contributed by atoms with van der Waals surface area (Å²) in [6, 6.07) is 14.6. The van der Waals surface area contributed by atoms with E-state index in [9.17, 15) is 4.79 Å². The summed E-state index contributed by atoms with van der Waals surface area (Å²) in [6.45, 7) is 8.17. The first kappa shape index (κ1) is 19.7. The molecular formula is C23H29N3O3. The molecule has 1 saturated heterocycles. The monoisotopic (exact) mass is 395 g/mol. The zero-order valence-electron chi connectivity index (χ0n) is 17.0. The van der Waals surface area contributed by atoms with Gasteiger partial charge in [0.25, 0.3) is 0 Å². The second-order valence-corrected chi connectivity index (χ2v) is 7.76. The van der Waals surface area contributed by atoms with Gasteiger partial charge >= 0.3 is 0 Å². The third kappa shape index (κ3) is 5.28. The van der Waals surface area contributed by atoms with E-state index in [1.54, 1.807) is 0 Å². The van der Waals surface area contributed by atoms with Crippen LogP contribution < -0.4 is 14.8 Å². The minimum absolute atomic E-state index is 0.240. The number of nitrogens with one attached hydrogen (secondary N) is 1. The Labute approximate surface area is 172 Å². The number of piperazine rings is 1. The molecule has 2 aliphatic heterocycles. The highest BCUT2D eigenvalue weighted by atomic mass is 16.7. The van der Waals surface area contributed by atoms with Crippen molar-refractivity contribution < 1.29 is 14.3 Å². The molecule has 0 unspecified atom stereocenters. The Hall–Kier alpha value is -2.57. The van der Waals surface area contributed by atoms with Gasteiger partial charge in [0.1, 0.15) is 0 Å². The van der Waals surface area contributed by atoms with Crippen molar-refractivity contribution in [2.75, 3.05) is 39.5 Å². The minimum atomic E-state index is 0.240. The molecule has 29 heavy (non-hydrogen) atoms. The Bertz CT molecular complexity index is 847. The van der Waals surface area contributed by atoms with E-state index in [0.29, 0.717) is 19.8 Å². The van der Waals surface area contributed by atoms with E-state index in [-0.39, 0.29) is 5.91 Å². The predicted molar refractivity (Wildman–Crippen MR) is 112 cm³/mol. The number of carbonyl (C=O) groups is 1. The molecule has 154 valence electrons. The molecule has 2 heterocycles.